The number of hydrogen-bond donors (Lipinski definition) is 3. The number of carboxylic acids is 1. The molecule has 0 fully saturated rings. The van der Waals surface area contributed by atoms with Gasteiger partial charge in [0.15, 0.2) is 11.6 Å². The number of pyridine rings is 1. The Morgan fingerprint density at radius 2 is 1.88 bits per heavy atom. The zero-order chi connectivity index (χ0) is 23.2. The number of fused-ring (bicyclic) bond motifs is 1. The van der Waals surface area contributed by atoms with E-state index in [0.717, 1.165) is 33.9 Å². The van der Waals surface area contributed by atoms with Crippen LogP contribution in [0.4, 0.5) is 20.3 Å². The fourth-order valence-electron chi connectivity index (χ4n) is 3.38. The van der Waals surface area contributed by atoms with E-state index in [1.165, 1.54) is 31.3 Å². The lowest BCUT2D eigenvalue weighted by atomic mass is 10.1. The van der Waals surface area contributed by atoms with Gasteiger partial charge in [-0.1, -0.05) is 0 Å². The van der Waals surface area contributed by atoms with Crippen LogP contribution >= 0.6 is 0 Å². The number of phenols is 1. The fraction of sp³-hybridized carbons (Fsp3) is 0.0476. The molecule has 162 valence electrons. The average molecular weight is 440 g/mol. The number of rotatable bonds is 4. The van der Waals surface area contributed by atoms with E-state index in [9.17, 15) is 29.0 Å². The summed E-state index contributed by atoms with van der Waals surface area (Å²) >= 11 is 0. The zero-order valence-electron chi connectivity index (χ0n) is 16.3. The van der Waals surface area contributed by atoms with Crippen molar-refractivity contribution in [2.75, 3.05) is 4.90 Å². The molecule has 9 nitrogen and oxygen atoms in total. The van der Waals surface area contributed by atoms with Gasteiger partial charge in [-0.25, -0.2) is 13.6 Å². The SMILES string of the molecule is CC(=O)N(c1cc[nH]n1)c1cc2c(cc1F)c(=O)c(C(=O)O)cn2-c1ccc(O)cc1F. The molecule has 4 rings (SSSR count). The highest BCUT2D eigenvalue weighted by atomic mass is 19.1. The van der Waals surface area contributed by atoms with Gasteiger partial charge >= 0.3 is 5.97 Å². The predicted octanol–water partition coefficient (Wildman–Crippen LogP) is 3.08. The second-order valence-corrected chi connectivity index (χ2v) is 6.79. The minimum atomic E-state index is -1.59. The topological polar surface area (TPSA) is 129 Å². The number of aromatic hydroxyl groups is 1. The number of benzene rings is 2. The number of nitrogens with one attached hydrogen (secondary N) is 1. The number of hydrogen-bond acceptors (Lipinski definition) is 5. The Labute approximate surface area is 177 Å². The number of aromatic carboxylic acids is 1. The molecule has 0 aliphatic heterocycles. The van der Waals surface area contributed by atoms with Gasteiger partial charge in [-0.15, -0.1) is 0 Å². The van der Waals surface area contributed by atoms with Crippen LogP contribution in [0.15, 0.2) is 53.6 Å². The first-order chi connectivity index (χ1) is 15.2. The molecule has 0 aliphatic rings. The van der Waals surface area contributed by atoms with Gasteiger partial charge in [-0.3, -0.25) is 19.6 Å². The van der Waals surface area contributed by atoms with Crippen LogP contribution in [-0.4, -0.2) is 36.9 Å². The number of phenolic OH excluding ortho intramolecular Hbond substituents is 1. The molecule has 2 aromatic heterocycles. The molecule has 0 spiro atoms. The summed E-state index contributed by atoms with van der Waals surface area (Å²) in [5.41, 5.74) is -2.26. The largest absolute Gasteiger partial charge is 0.508 e. The van der Waals surface area contributed by atoms with Crippen LogP contribution in [0.25, 0.3) is 16.6 Å². The van der Waals surface area contributed by atoms with E-state index in [4.69, 9.17) is 0 Å². The third kappa shape index (κ3) is 3.35. The van der Waals surface area contributed by atoms with Crippen LogP contribution in [0.1, 0.15) is 17.3 Å². The lowest BCUT2D eigenvalue weighted by Gasteiger charge is -2.21. The number of carbonyl (C=O) groups excluding carboxylic acids is 1. The third-order valence-corrected chi connectivity index (χ3v) is 4.76. The third-order valence-electron chi connectivity index (χ3n) is 4.76. The molecule has 0 aliphatic carbocycles. The van der Waals surface area contributed by atoms with Crippen LogP contribution < -0.4 is 10.3 Å². The molecule has 0 bridgehead atoms. The van der Waals surface area contributed by atoms with Crippen molar-refractivity contribution in [1.29, 1.82) is 0 Å². The molecule has 3 N–H and O–H groups in total. The van der Waals surface area contributed by atoms with Gasteiger partial charge in [-0.05, 0) is 24.3 Å². The Hall–Kier alpha value is -4.54. The smallest absolute Gasteiger partial charge is 0.341 e. The lowest BCUT2D eigenvalue weighted by molar-refractivity contribution is -0.115. The van der Waals surface area contributed by atoms with Crippen molar-refractivity contribution in [2.45, 2.75) is 6.92 Å². The van der Waals surface area contributed by atoms with Gasteiger partial charge in [0.25, 0.3) is 0 Å². The molecule has 0 unspecified atom stereocenters. The van der Waals surface area contributed by atoms with Crippen LogP contribution in [0.2, 0.25) is 0 Å². The number of carboxylic acid groups (broad SMARTS) is 1. The highest BCUT2D eigenvalue weighted by molar-refractivity contribution is 6.01. The van der Waals surface area contributed by atoms with Gasteiger partial charge in [-0.2, -0.15) is 5.10 Å². The average Bonchev–Trinajstić information content (AvgIpc) is 3.24. The maximum Gasteiger partial charge on any atom is 0.341 e. The van der Waals surface area contributed by atoms with Crippen molar-refractivity contribution < 1.29 is 28.6 Å². The molecule has 4 aromatic rings. The number of aromatic amines is 1. The van der Waals surface area contributed by atoms with Crippen LogP contribution in [0, 0.1) is 11.6 Å². The quantitative estimate of drug-likeness (QED) is 0.447. The molecule has 2 aromatic carbocycles. The Morgan fingerprint density at radius 3 is 2.47 bits per heavy atom. The molecule has 32 heavy (non-hydrogen) atoms. The Bertz CT molecular complexity index is 1450. The summed E-state index contributed by atoms with van der Waals surface area (Å²) in [6, 6.07) is 6.47. The van der Waals surface area contributed by atoms with Gasteiger partial charge in [0, 0.05) is 36.8 Å². The minimum Gasteiger partial charge on any atom is -0.508 e. The van der Waals surface area contributed by atoms with Gasteiger partial charge in [0.05, 0.1) is 16.9 Å². The molecular weight excluding hydrogens is 426 g/mol. The Kier molecular flexibility index (Phi) is 4.93. The number of nitrogens with zero attached hydrogens (tertiary/aromatic N) is 3. The van der Waals surface area contributed by atoms with Crippen molar-refractivity contribution in [3.63, 3.8) is 0 Å². The summed E-state index contributed by atoms with van der Waals surface area (Å²) in [5, 5.41) is 25.0. The molecule has 1 amide bonds. The second kappa shape index (κ2) is 7.61. The number of halogens is 2. The number of anilines is 2. The molecule has 0 atom stereocenters. The minimum absolute atomic E-state index is 0.0669. The Balaban J connectivity index is 2.11. The normalized spacial score (nSPS) is 11.0. The van der Waals surface area contributed by atoms with E-state index in [1.54, 1.807) is 0 Å². The van der Waals surface area contributed by atoms with Crippen LogP contribution in [0.5, 0.6) is 5.75 Å². The van der Waals surface area contributed by atoms with E-state index in [2.05, 4.69) is 10.2 Å². The van der Waals surface area contributed by atoms with Crippen LogP contribution in [0.3, 0.4) is 0 Å². The number of carbonyl (C=O) groups is 2. The van der Waals surface area contributed by atoms with Crippen LogP contribution in [-0.2, 0) is 4.79 Å². The number of amides is 1. The second-order valence-electron chi connectivity index (χ2n) is 6.79. The summed E-state index contributed by atoms with van der Waals surface area (Å²) in [4.78, 5) is 37.5. The van der Waals surface area contributed by atoms with Crippen molar-refractivity contribution >= 4 is 34.3 Å². The predicted molar refractivity (Wildman–Crippen MR) is 109 cm³/mol. The van der Waals surface area contributed by atoms with Crippen molar-refractivity contribution in [2.24, 2.45) is 0 Å². The first kappa shape index (κ1) is 20.7. The van der Waals surface area contributed by atoms with E-state index in [-0.39, 0.29) is 33.8 Å². The van der Waals surface area contributed by atoms with Gasteiger partial charge < -0.3 is 14.8 Å². The maximum atomic E-state index is 15.1. The van der Waals surface area contributed by atoms with Crippen molar-refractivity contribution in [1.82, 2.24) is 14.8 Å². The first-order valence-corrected chi connectivity index (χ1v) is 9.10. The summed E-state index contributed by atoms with van der Waals surface area (Å²) < 4.78 is 30.7. The van der Waals surface area contributed by atoms with Crippen molar-refractivity contribution in [3.8, 4) is 11.4 Å². The van der Waals surface area contributed by atoms with E-state index < -0.39 is 34.5 Å². The zero-order valence-corrected chi connectivity index (χ0v) is 16.3. The molecule has 0 saturated carbocycles. The highest BCUT2D eigenvalue weighted by Gasteiger charge is 2.24. The lowest BCUT2D eigenvalue weighted by Crippen LogP contribution is -2.25. The van der Waals surface area contributed by atoms with E-state index in [0.29, 0.717) is 0 Å². The molecule has 0 radical (unpaired) electrons. The maximum absolute atomic E-state index is 15.1. The standard InChI is InChI=1S/C21H14F2N4O5/c1-10(28)27(19-4-5-24-25-19)18-8-17-12(7-15(18)23)20(30)13(21(31)32)9-26(17)16-3-2-11(29)6-14(16)22/h2-9,29H,1H3,(H,24,25)(H,31,32). The fourth-order valence-corrected chi connectivity index (χ4v) is 3.38. The van der Waals surface area contributed by atoms with Gasteiger partial charge in [0.2, 0.25) is 11.3 Å². The molecule has 0 saturated heterocycles. The van der Waals surface area contributed by atoms with E-state index >= 15 is 4.39 Å². The summed E-state index contributed by atoms with van der Waals surface area (Å²) in [7, 11) is 0. The summed E-state index contributed by atoms with van der Waals surface area (Å²) in [6.45, 7) is 1.18. The molecular formula is C21H14F2N4O5. The van der Waals surface area contributed by atoms with Gasteiger partial charge in [0.1, 0.15) is 17.1 Å². The molecule has 11 heteroatoms. The first-order valence-electron chi connectivity index (χ1n) is 9.10. The number of aromatic nitrogens is 3. The van der Waals surface area contributed by atoms with E-state index in [1.807, 2.05) is 0 Å². The van der Waals surface area contributed by atoms with Crippen molar-refractivity contribution in [3.05, 3.63) is 76.2 Å². The monoisotopic (exact) mass is 440 g/mol. The highest BCUT2D eigenvalue weighted by Crippen LogP contribution is 2.32. The summed E-state index contributed by atoms with van der Waals surface area (Å²) in [6.07, 6.45) is 2.32. The number of H-pyrrole nitrogens is 1. The Morgan fingerprint density at radius 1 is 1.12 bits per heavy atom. The summed E-state index contributed by atoms with van der Waals surface area (Å²) in [5.74, 6) is -4.40. The molecule has 2 heterocycles.